The number of aromatic carboxylic acids is 1. The number of carbonyl (C=O) groups is 2. The van der Waals surface area contributed by atoms with E-state index in [2.05, 4.69) is 16.9 Å². The van der Waals surface area contributed by atoms with Gasteiger partial charge in [0.2, 0.25) is 0 Å². The van der Waals surface area contributed by atoms with Crippen LogP contribution in [0.25, 0.3) is 6.08 Å². The SMILES string of the molecule is CCCCc1nc(C=C(Cc2cccs2)C(=O)O)c(Cc2ccc(C(=O)O)cc2)[nH]1. The number of unbranched alkanes of at least 4 members (excludes halogenated alkanes) is 1. The third kappa shape index (κ3) is 5.67. The van der Waals surface area contributed by atoms with Gasteiger partial charge in [0.25, 0.3) is 0 Å². The second-order valence-corrected chi connectivity index (χ2v) is 8.09. The van der Waals surface area contributed by atoms with Crippen LogP contribution in [0.2, 0.25) is 0 Å². The van der Waals surface area contributed by atoms with Crippen molar-refractivity contribution in [3.8, 4) is 0 Å². The van der Waals surface area contributed by atoms with Gasteiger partial charge in [-0.25, -0.2) is 14.6 Å². The molecule has 0 atom stereocenters. The zero-order valence-electron chi connectivity index (χ0n) is 16.7. The van der Waals surface area contributed by atoms with Crippen molar-refractivity contribution in [1.82, 2.24) is 9.97 Å². The minimum Gasteiger partial charge on any atom is -0.478 e. The highest BCUT2D eigenvalue weighted by Gasteiger charge is 2.15. The largest absolute Gasteiger partial charge is 0.478 e. The van der Waals surface area contributed by atoms with Crippen LogP contribution in [0.5, 0.6) is 0 Å². The highest BCUT2D eigenvalue weighted by molar-refractivity contribution is 7.09. The minimum atomic E-state index is -0.965. The Kier molecular flexibility index (Phi) is 7.19. The second kappa shape index (κ2) is 10.0. The summed E-state index contributed by atoms with van der Waals surface area (Å²) in [6.45, 7) is 2.11. The molecule has 0 spiro atoms. The molecule has 2 heterocycles. The maximum Gasteiger partial charge on any atom is 0.335 e. The monoisotopic (exact) mass is 424 g/mol. The predicted octanol–water partition coefficient (Wildman–Crippen LogP) is 4.81. The highest BCUT2D eigenvalue weighted by Crippen LogP contribution is 2.21. The fourth-order valence-corrected chi connectivity index (χ4v) is 3.85. The molecule has 3 rings (SSSR count). The maximum absolute atomic E-state index is 11.8. The number of benzene rings is 1. The number of carboxylic acid groups (broad SMARTS) is 2. The Labute approximate surface area is 178 Å². The van der Waals surface area contributed by atoms with E-state index in [1.807, 2.05) is 17.5 Å². The number of nitrogens with zero attached hydrogens (tertiary/aromatic N) is 1. The number of aryl methyl sites for hydroxylation is 1. The van der Waals surface area contributed by atoms with Crippen LogP contribution in [0, 0.1) is 0 Å². The number of aromatic nitrogens is 2. The Hall–Kier alpha value is -3.19. The van der Waals surface area contributed by atoms with Crippen LogP contribution < -0.4 is 0 Å². The summed E-state index contributed by atoms with van der Waals surface area (Å²) < 4.78 is 0. The molecule has 3 N–H and O–H groups in total. The van der Waals surface area contributed by atoms with E-state index in [1.165, 1.54) is 11.3 Å². The lowest BCUT2D eigenvalue weighted by Gasteiger charge is -2.04. The Balaban J connectivity index is 1.92. The number of aliphatic carboxylic acids is 1. The number of thiophene rings is 1. The van der Waals surface area contributed by atoms with Gasteiger partial charge in [0, 0.05) is 35.4 Å². The standard InChI is InChI=1S/C23H24N2O4S/c1-2-3-6-21-24-19(12-15-7-9-16(10-8-15)22(26)27)20(25-21)14-17(23(28)29)13-18-5-4-11-30-18/h4-5,7-11,14H,2-3,6,12-13H2,1H3,(H,24,25)(H,26,27)(H,28,29). The van der Waals surface area contributed by atoms with Crippen molar-refractivity contribution in [3.05, 3.63) is 80.6 Å². The van der Waals surface area contributed by atoms with Crippen molar-refractivity contribution in [2.45, 2.75) is 39.0 Å². The van der Waals surface area contributed by atoms with Crippen molar-refractivity contribution in [3.63, 3.8) is 0 Å². The van der Waals surface area contributed by atoms with Gasteiger partial charge in [0.05, 0.1) is 11.3 Å². The van der Waals surface area contributed by atoms with Crippen LogP contribution >= 0.6 is 11.3 Å². The Morgan fingerprint density at radius 2 is 1.93 bits per heavy atom. The third-order valence-corrected chi connectivity index (χ3v) is 5.62. The van der Waals surface area contributed by atoms with Crippen molar-refractivity contribution in [2.24, 2.45) is 0 Å². The lowest BCUT2D eigenvalue weighted by Crippen LogP contribution is -2.04. The average molecular weight is 425 g/mol. The van der Waals surface area contributed by atoms with Crippen molar-refractivity contribution in [1.29, 1.82) is 0 Å². The van der Waals surface area contributed by atoms with Gasteiger partial charge < -0.3 is 15.2 Å². The first kappa shape index (κ1) is 21.5. The Morgan fingerprint density at radius 1 is 1.17 bits per heavy atom. The van der Waals surface area contributed by atoms with Crippen molar-refractivity contribution < 1.29 is 19.8 Å². The lowest BCUT2D eigenvalue weighted by molar-refractivity contribution is -0.132. The first-order valence-corrected chi connectivity index (χ1v) is 10.7. The van der Waals surface area contributed by atoms with E-state index < -0.39 is 11.9 Å². The molecule has 156 valence electrons. The molecule has 6 nitrogen and oxygen atoms in total. The van der Waals surface area contributed by atoms with E-state index in [0.717, 1.165) is 41.2 Å². The number of nitrogens with one attached hydrogen (secondary N) is 1. The maximum atomic E-state index is 11.8. The van der Waals surface area contributed by atoms with Gasteiger partial charge in [-0.05, 0) is 41.6 Å². The number of aromatic amines is 1. The lowest BCUT2D eigenvalue weighted by atomic mass is 10.0. The van der Waals surface area contributed by atoms with Crippen LogP contribution in [0.4, 0.5) is 0 Å². The van der Waals surface area contributed by atoms with E-state index in [1.54, 1.807) is 30.3 Å². The molecule has 3 aromatic rings. The van der Waals surface area contributed by atoms with E-state index >= 15 is 0 Å². The molecule has 0 aliphatic rings. The van der Waals surface area contributed by atoms with Crippen LogP contribution in [-0.4, -0.2) is 32.1 Å². The van der Waals surface area contributed by atoms with Crippen LogP contribution in [0.15, 0.2) is 47.4 Å². The van der Waals surface area contributed by atoms with E-state index in [0.29, 0.717) is 18.5 Å². The summed E-state index contributed by atoms with van der Waals surface area (Å²) in [6.07, 6.45) is 5.33. The summed E-state index contributed by atoms with van der Waals surface area (Å²) in [5.41, 5.74) is 2.90. The molecule has 0 amide bonds. The molecule has 0 unspecified atom stereocenters. The molecule has 0 aliphatic heterocycles. The molecule has 30 heavy (non-hydrogen) atoms. The summed E-state index contributed by atoms with van der Waals surface area (Å²) in [7, 11) is 0. The van der Waals surface area contributed by atoms with Crippen molar-refractivity contribution in [2.75, 3.05) is 0 Å². The molecule has 7 heteroatoms. The molecular formula is C23H24N2O4S. The minimum absolute atomic E-state index is 0.233. The summed E-state index contributed by atoms with van der Waals surface area (Å²) in [5, 5.41) is 20.7. The van der Waals surface area contributed by atoms with Gasteiger partial charge in [-0.2, -0.15) is 0 Å². The first-order chi connectivity index (χ1) is 14.5. The fourth-order valence-electron chi connectivity index (χ4n) is 3.12. The fraction of sp³-hybridized carbons (Fsp3) is 0.261. The smallest absolute Gasteiger partial charge is 0.335 e. The van der Waals surface area contributed by atoms with Crippen molar-refractivity contribution >= 4 is 29.4 Å². The summed E-state index contributed by atoms with van der Waals surface area (Å²) in [4.78, 5) is 31.9. The molecule has 0 saturated heterocycles. The van der Waals surface area contributed by atoms with E-state index in [-0.39, 0.29) is 11.1 Å². The average Bonchev–Trinajstić information content (AvgIpc) is 3.36. The highest BCUT2D eigenvalue weighted by atomic mass is 32.1. The summed E-state index contributed by atoms with van der Waals surface area (Å²) >= 11 is 1.53. The number of hydrogen-bond donors (Lipinski definition) is 3. The van der Waals surface area contributed by atoms with E-state index in [4.69, 9.17) is 5.11 Å². The topological polar surface area (TPSA) is 103 Å². The van der Waals surface area contributed by atoms with Gasteiger partial charge >= 0.3 is 11.9 Å². The molecule has 0 saturated carbocycles. The van der Waals surface area contributed by atoms with Gasteiger partial charge in [-0.15, -0.1) is 11.3 Å². The number of carboxylic acids is 2. The normalized spacial score (nSPS) is 11.6. The predicted molar refractivity (Wildman–Crippen MR) is 117 cm³/mol. The van der Waals surface area contributed by atoms with Gasteiger partial charge in [0.1, 0.15) is 5.82 Å². The number of H-pyrrole nitrogens is 1. The number of hydrogen-bond acceptors (Lipinski definition) is 4. The Bertz CT molecular complexity index is 1030. The molecule has 0 radical (unpaired) electrons. The molecule has 0 fully saturated rings. The molecule has 0 aliphatic carbocycles. The molecule has 1 aromatic carbocycles. The van der Waals surface area contributed by atoms with Crippen LogP contribution in [0.1, 0.15) is 57.8 Å². The Morgan fingerprint density at radius 3 is 2.53 bits per heavy atom. The quantitative estimate of drug-likeness (QED) is 0.405. The van der Waals surface area contributed by atoms with E-state index in [9.17, 15) is 14.7 Å². The van der Waals surface area contributed by atoms with Crippen LogP contribution in [0.3, 0.4) is 0 Å². The van der Waals surface area contributed by atoms with Gasteiger partial charge in [0.15, 0.2) is 0 Å². The zero-order valence-corrected chi connectivity index (χ0v) is 17.5. The molecule has 2 aromatic heterocycles. The first-order valence-electron chi connectivity index (χ1n) is 9.82. The van der Waals surface area contributed by atoms with Crippen LogP contribution in [-0.2, 0) is 24.1 Å². The van der Waals surface area contributed by atoms with Gasteiger partial charge in [-0.3, -0.25) is 0 Å². The van der Waals surface area contributed by atoms with Gasteiger partial charge in [-0.1, -0.05) is 31.5 Å². The number of rotatable bonds is 10. The molecule has 0 bridgehead atoms. The number of imidazole rings is 1. The summed E-state index contributed by atoms with van der Waals surface area (Å²) in [5.74, 6) is -1.09. The summed E-state index contributed by atoms with van der Waals surface area (Å²) in [6, 6.07) is 10.5. The second-order valence-electron chi connectivity index (χ2n) is 7.06. The zero-order chi connectivity index (χ0) is 21.5. The molecular weight excluding hydrogens is 400 g/mol. The third-order valence-electron chi connectivity index (χ3n) is 4.74.